The second kappa shape index (κ2) is 9.15. The summed E-state index contributed by atoms with van der Waals surface area (Å²) < 4.78 is 5.57. The molecule has 1 aromatic heterocycles. The molecule has 1 aliphatic carbocycles. The van der Waals surface area contributed by atoms with Crippen LogP contribution in [0.2, 0.25) is 0 Å². The van der Waals surface area contributed by atoms with E-state index in [0.717, 1.165) is 23.4 Å². The summed E-state index contributed by atoms with van der Waals surface area (Å²) in [7, 11) is 7.67. The van der Waals surface area contributed by atoms with Crippen LogP contribution in [0, 0.1) is 0 Å². The Morgan fingerprint density at radius 1 is 1.04 bits per heavy atom. The number of hydrogen-bond donors (Lipinski definition) is 2. The van der Waals surface area contributed by atoms with Crippen LogP contribution < -0.4 is 20.3 Å². The van der Waals surface area contributed by atoms with Crippen molar-refractivity contribution in [3.63, 3.8) is 0 Å². The first kappa shape index (κ1) is 19.6. The van der Waals surface area contributed by atoms with Crippen LogP contribution in [0.25, 0.3) is 11.1 Å². The molecular formula is C21H31N5O. The van der Waals surface area contributed by atoms with Crippen molar-refractivity contribution in [3.05, 3.63) is 36.2 Å². The molecule has 3 rings (SSSR count). The van der Waals surface area contributed by atoms with E-state index < -0.39 is 0 Å². The lowest BCUT2D eigenvalue weighted by molar-refractivity contribution is 0.315. The van der Waals surface area contributed by atoms with Gasteiger partial charge in [-0.15, -0.1) is 0 Å². The Kier molecular flexibility index (Phi) is 6.63. The second-order valence-electron chi connectivity index (χ2n) is 7.41. The van der Waals surface area contributed by atoms with Crippen molar-refractivity contribution in [3.8, 4) is 16.9 Å². The Bertz CT molecular complexity index is 724. The molecule has 1 aromatic carbocycles. The zero-order chi connectivity index (χ0) is 19.2. The summed E-state index contributed by atoms with van der Waals surface area (Å²) >= 11 is 0. The molecule has 0 amide bonds. The maximum absolute atomic E-state index is 5.57. The number of rotatable bonds is 7. The largest absolute Gasteiger partial charge is 0.496 e. The quantitative estimate of drug-likeness (QED) is 0.783. The van der Waals surface area contributed by atoms with Gasteiger partial charge in [0.15, 0.2) is 0 Å². The minimum Gasteiger partial charge on any atom is -0.496 e. The van der Waals surface area contributed by atoms with Gasteiger partial charge < -0.3 is 20.3 Å². The van der Waals surface area contributed by atoms with Gasteiger partial charge in [-0.2, -0.15) is 0 Å². The maximum atomic E-state index is 5.57. The van der Waals surface area contributed by atoms with Crippen LogP contribution in [0.3, 0.4) is 0 Å². The van der Waals surface area contributed by atoms with E-state index in [1.165, 1.54) is 31.2 Å². The predicted octanol–water partition coefficient (Wildman–Crippen LogP) is 2.84. The van der Waals surface area contributed by atoms with E-state index in [0.29, 0.717) is 18.0 Å². The van der Waals surface area contributed by atoms with E-state index >= 15 is 0 Å². The van der Waals surface area contributed by atoms with Gasteiger partial charge in [-0.05, 0) is 50.4 Å². The minimum atomic E-state index is 0.575. The molecule has 0 aliphatic heterocycles. The summed E-state index contributed by atoms with van der Waals surface area (Å²) in [4.78, 5) is 10.7. The Morgan fingerprint density at radius 2 is 1.70 bits per heavy atom. The molecular weight excluding hydrogens is 338 g/mol. The van der Waals surface area contributed by atoms with E-state index in [1.54, 1.807) is 7.11 Å². The molecule has 0 saturated heterocycles. The number of nitrogens with one attached hydrogen (secondary N) is 2. The third-order valence-electron chi connectivity index (χ3n) is 5.37. The molecule has 6 heteroatoms. The number of methoxy groups -OCH3 is 1. The normalized spacial score (nSPS) is 19.7. The SMILES string of the molecule is CNC1CCC(NCc2cc(-c3cnc(N(C)C)nc3)ccc2OC)CC1. The molecule has 1 heterocycles. The van der Waals surface area contributed by atoms with Crippen LogP contribution in [0.5, 0.6) is 5.75 Å². The van der Waals surface area contributed by atoms with Crippen molar-refractivity contribution >= 4 is 5.95 Å². The first-order valence-electron chi connectivity index (χ1n) is 9.68. The molecule has 27 heavy (non-hydrogen) atoms. The van der Waals surface area contributed by atoms with Gasteiger partial charge >= 0.3 is 0 Å². The van der Waals surface area contributed by atoms with Crippen LogP contribution in [0.1, 0.15) is 31.2 Å². The Hall–Kier alpha value is -2.18. The smallest absolute Gasteiger partial charge is 0.224 e. The van der Waals surface area contributed by atoms with E-state index in [1.807, 2.05) is 37.5 Å². The fourth-order valence-corrected chi connectivity index (χ4v) is 3.64. The topological polar surface area (TPSA) is 62.3 Å². The predicted molar refractivity (Wildman–Crippen MR) is 110 cm³/mol. The molecule has 1 fully saturated rings. The van der Waals surface area contributed by atoms with Gasteiger partial charge in [0.2, 0.25) is 5.95 Å². The Morgan fingerprint density at radius 3 is 2.30 bits per heavy atom. The number of hydrogen-bond acceptors (Lipinski definition) is 6. The van der Waals surface area contributed by atoms with Gasteiger partial charge in [-0.25, -0.2) is 9.97 Å². The minimum absolute atomic E-state index is 0.575. The number of aromatic nitrogens is 2. The summed E-state index contributed by atoms with van der Waals surface area (Å²) in [6.07, 6.45) is 8.66. The van der Waals surface area contributed by atoms with E-state index in [9.17, 15) is 0 Å². The molecule has 1 aliphatic rings. The number of benzene rings is 1. The van der Waals surface area contributed by atoms with E-state index in [2.05, 4.69) is 39.8 Å². The fourth-order valence-electron chi connectivity index (χ4n) is 3.64. The average Bonchev–Trinajstić information content (AvgIpc) is 2.72. The van der Waals surface area contributed by atoms with Crippen LogP contribution in [0.4, 0.5) is 5.95 Å². The average molecular weight is 370 g/mol. The van der Waals surface area contributed by atoms with Crippen LogP contribution in [0.15, 0.2) is 30.6 Å². The van der Waals surface area contributed by atoms with Crippen molar-refractivity contribution < 1.29 is 4.74 Å². The maximum Gasteiger partial charge on any atom is 0.224 e. The first-order valence-corrected chi connectivity index (χ1v) is 9.68. The molecule has 0 spiro atoms. The molecule has 0 atom stereocenters. The van der Waals surface area contributed by atoms with Gasteiger partial charge in [-0.1, -0.05) is 6.07 Å². The van der Waals surface area contributed by atoms with Gasteiger partial charge in [0, 0.05) is 56.2 Å². The second-order valence-corrected chi connectivity index (χ2v) is 7.41. The molecule has 0 bridgehead atoms. The molecule has 2 aromatic rings. The lowest BCUT2D eigenvalue weighted by Crippen LogP contribution is -2.38. The molecule has 0 unspecified atom stereocenters. The Balaban J connectivity index is 1.70. The lowest BCUT2D eigenvalue weighted by atomic mass is 9.91. The van der Waals surface area contributed by atoms with Gasteiger partial charge in [0.1, 0.15) is 5.75 Å². The summed E-state index contributed by atoms with van der Waals surface area (Å²) in [5.41, 5.74) is 3.29. The lowest BCUT2D eigenvalue weighted by Gasteiger charge is -2.29. The van der Waals surface area contributed by atoms with Crippen molar-refractivity contribution in [1.29, 1.82) is 0 Å². The highest BCUT2D eigenvalue weighted by Crippen LogP contribution is 2.27. The number of nitrogens with zero attached hydrogens (tertiary/aromatic N) is 3. The first-order chi connectivity index (χ1) is 13.1. The fraction of sp³-hybridized carbons (Fsp3) is 0.524. The molecule has 2 N–H and O–H groups in total. The molecule has 0 radical (unpaired) electrons. The summed E-state index contributed by atoms with van der Waals surface area (Å²) in [5.74, 6) is 1.63. The van der Waals surface area contributed by atoms with Crippen molar-refractivity contribution in [2.45, 2.75) is 44.3 Å². The highest BCUT2D eigenvalue weighted by Gasteiger charge is 2.19. The zero-order valence-electron chi connectivity index (χ0n) is 16.8. The number of anilines is 1. The van der Waals surface area contributed by atoms with E-state index in [4.69, 9.17) is 4.74 Å². The van der Waals surface area contributed by atoms with Crippen molar-refractivity contribution in [2.75, 3.05) is 33.2 Å². The van der Waals surface area contributed by atoms with Gasteiger partial charge in [0.25, 0.3) is 0 Å². The third kappa shape index (κ3) is 4.96. The van der Waals surface area contributed by atoms with E-state index in [-0.39, 0.29) is 0 Å². The molecule has 6 nitrogen and oxygen atoms in total. The van der Waals surface area contributed by atoms with Gasteiger partial charge in [0.05, 0.1) is 7.11 Å². The summed E-state index contributed by atoms with van der Waals surface area (Å²) in [6, 6.07) is 7.52. The standard InChI is InChI=1S/C21H31N5O/c1-22-18-6-8-19(9-7-18)23-12-16-11-15(5-10-20(16)27-4)17-13-24-21(25-14-17)26(2)3/h5,10-11,13-14,18-19,22-23H,6-9,12H2,1-4H3. The molecule has 146 valence electrons. The van der Waals surface area contributed by atoms with Crippen LogP contribution in [-0.4, -0.2) is 50.3 Å². The van der Waals surface area contributed by atoms with Crippen molar-refractivity contribution in [2.24, 2.45) is 0 Å². The van der Waals surface area contributed by atoms with Crippen LogP contribution >= 0.6 is 0 Å². The number of ether oxygens (including phenoxy) is 1. The van der Waals surface area contributed by atoms with Crippen LogP contribution in [-0.2, 0) is 6.54 Å². The molecule has 1 saturated carbocycles. The summed E-state index contributed by atoms with van der Waals surface area (Å²) in [6.45, 7) is 0.808. The summed E-state index contributed by atoms with van der Waals surface area (Å²) in [5, 5.41) is 7.10. The monoisotopic (exact) mass is 369 g/mol. The third-order valence-corrected chi connectivity index (χ3v) is 5.37. The zero-order valence-corrected chi connectivity index (χ0v) is 16.8. The Labute approximate surface area is 162 Å². The highest BCUT2D eigenvalue weighted by molar-refractivity contribution is 5.64. The highest BCUT2D eigenvalue weighted by atomic mass is 16.5. The van der Waals surface area contributed by atoms with Gasteiger partial charge in [-0.3, -0.25) is 0 Å². The van der Waals surface area contributed by atoms with Crippen molar-refractivity contribution in [1.82, 2.24) is 20.6 Å².